The van der Waals surface area contributed by atoms with Crippen molar-refractivity contribution < 1.29 is 49.7 Å². The van der Waals surface area contributed by atoms with Crippen molar-refractivity contribution in [2.45, 2.75) is 52.5 Å². The van der Waals surface area contributed by atoms with Crippen LogP contribution in [0, 0.1) is 13.8 Å². The van der Waals surface area contributed by atoms with Crippen LogP contribution in [-0.4, -0.2) is 51.0 Å². The third-order valence-electron chi connectivity index (χ3n) is 5.62. The Bertz CT molecular complexity index is 1460. The maximum absolute atomic E-state index is 12.0. The number of methoxy groups -OCH3 is 1. The highest BCUT2D eigenvalue weighted by Crippen LogP contribution is 2.23. The van der Waals surface area contributed by atoms with Gasteiger partial charge < -0.3 is 9.57 Å². The highest BCUT2D eigenvalue weighted by atomic mass is 32.2. The zero-order valence-electron chi connectivity index (χ0n) is 25.3. The van der Waals surface area contributed by atoms with Crippen LogP contribution in [0.5, 0.6) is 5.75 Å². The highest BCUT2D eigenvalue weighted by Gasteiger charge is 2.46. The van der Waals surface area contributed by atoms with Crippen molar-refractivity contribution in [3.05, 3.63) is 101 Å². The number of hydrogen-bond acceptors (Lipinski definition) is 8. The van der Waals surface area contributed by atoms with Crippen LogP contribution >= 0.6 is 0 Å². The van der Waals surface area contributed by atoms with Crippen molar-refractivity contribution in [3.63, 3.8) is 0 Å². The van der Waals surface area contributed by atoms with Gasteiger partial charge in [0, 0.05) is 12.8 Å². The predicted molar refractivity (Wildman–Crippen MR) is 158 cm³/mol. The lowest BCUT2D eigenvalue weighted by Gasteiger charge is -2.12. The van der Waals surface area contributed by atoms with Crippen molar-refractivity contribution in [1.29, 1.82) is 0 Å². The number of halogens is 3. The number of carbonyl (C=O) groups is 3. The summed E-state index contributed by atoms with van der Waals surface area (Å²) >= 11 is 0. The van der Waals surface area contributed by atoms with Gasteiger partial charge in [-0.2, -0.15) is 21.6 Å². The monoisotopic (exact) mass is 639 g/mol. The van der Waals surface area contributed by atoms with Gasteiger partial charge in [-0.1, -0.05) is 73.5 Å². The molecule has 0 aromatic heterocycles. The molecule has 9 nitrogen and oxygen atoms in total. The molecule has 1 aliphatic heterocycles. The molecule has 1 saturated heterocycles. The number of hydrogen-bond donors (Lipinski definition) is 0. The third-order valence-corrected chi connectivity index (χ3v) is 6.63. The zero-order chi connectivity index (χ0) is 33.5. The Kier molecular flexibility index (Phi) is 15.3. The minimum atomic E-state index is -5.34. The van der Waals surface area contributed by atoms with E-state index in [1.165, 1.54) is 16.7 Å². The smallest absolute Gasteiger partial charge is 0.497 e. The van der Waals surface area contributed by atoms with Crippen LogP contribution < -0.4 is 4.74 Å². The van der Waals surface area contributed by atoms with Crippen LogP contribution in [-0.2, 0) is 35.1 Å². The average Bonchev–Trinajstić information content (AvgIpc) is 3.31. The lowest BCUT2D eigenvalue weighted by molar-refractivity contribution is -0.172. The number of amides is 2. The van der Waals surface area contributed by atoms with E-state index < -0.39 is 33.4 Å². The Morgan fingerprint density at radius 1 is 0.818 bits per heavy atom. The average molecular weight is 640 g/mol. The second-order valence-corrected chi connectivity index (χ2v) is 10.6. The van der Waals surface area contributed by atoms with E-state index in [1.807, 2.05) is 69.3 Å². The molecule has 0 N–H and O–H groups in total. The SMILES string of the molecule is CC.COS(=O)(=O)C(F)(F)F.COc1ccc(C)cc1.Cc1cccc(Cc2ccc(C(=O)ON3C(=O)CCC3=O)cc2)c1. The minimum absolute atomic E-state index is 0.0849. The summed E-state index contributed by atoms with van der Waals surface area (Å²) in [5.74, 6) is -0.754. The Hall–Kier alpha value is -4.23. The van der Waals surface area contributed by atoms with Crippen LogP contribution in [0.25, 0.3) is 0 Å². The quantitative estimate of drug-likeness (QED) is 0.175. The summed E-state index contributed by atoms with van der Waals surface area (Å²) in [5.41, 5.74) is -0.287. The molecular weight excluding hydrogens is 603 g/mol. The van der Waals surface area contributed by atoms with Gasteiger partial charge in [-0.25, -0.2) is 4.79 Å². The van der Waals surface area contributed by atoms with Crippen LogP contribution in [0.1, 0.15) is 59.3 Å². The molecule has 1 aliphatic rings. The molecule has 2 amide bonds. The summed E-state index contributed by atoms with van der Waals surface area (Å²) in [6.07, 6.45) is 0.934. The summed E-state index contributed by atoms with van der Waals surface area (Å²) in [6.45, 7) is 8.10. The molecule has 44 heavy (non-hydrogen) atoms. The lowest BCUT2D eigenvalue weighted by Crippen LogP contribution is -2.32. The number of hydroxylamine groups is 2. The molecule has 240 valence electrons. The Morgan fingerprint density at radius 3 is 1.80 bits per heavy atom. The zero-order valence-corrected chi connectivity index (χ0v) is 26.1. The van der Waals surface area contributed by atoms with Crippen LogP contribution in [0.3, 0.4) is 0 Å². The Balaban J connectivity index is 0.000000398. The van der Waals surface area contributed by atoms with E-state index in [4.69, 9.17) is 9.57 Å². The third kappa shape index (κ3) is 12.2. The van der Waals surface area contributed by atoms with Gasteiger partial charge in [0.15, 0.2) is 0 Å². The molecule has 0 unspecified atom stereocenters. The van der Waals surface area contributed by atoms with Crippen molar-refractivity contribution in [2.24, 2.45) is 0 Å². The molecule has 1 heterocycles. The molecule has 0 atom stereocenters. The van der Waals surface area contributed by atoms with E-state index >= 15 is 0 Å². The number of nitrogens with zero attached hydrogens (tertiary/aromatic N) is 1. The van der Waals surface area contributed by atoms with E-state index in [9.17, 15) is 36.0 Å². The van der Waals surface area contributed by atoms with Crippen molar-refractivity contribution in [3.8, 4) is 5.75 Å². The molecule has 0 saturated carbocycles. The van der Waals surface area contributed by atoms with Crippen molar-refractivity contribution in [1.82, 2.24) is 5.06 Å². The van der Waals surface area contributed by atoms with E-state index in [0.717, 1.165) is 17.7 Å². The molecule has 3 aromatic carbocycles. The summed E-state index contributed by atoms with van der Waals surface area (Å²) in [4.78, 5) is 39.9. The molecule has 13 heteroatoms. The lowest BCUT2D eigenvalue weighted by atomic mass is 10.0. The van der Waals surface area contributed by atoms with E-state index in [-0.39, 0.29) is 12.8 Å². The fraction of sp³-hybridized carbons (Fsp3) is 0.323. The van der Waals surface area contributed by atoms with Crippen LogP contribution in [0.15, 0.2) is 72.8 Å². The van der Waals surface area contributed by atoms with Gasteiger partial charge in [0.1, 0.15) is 5.75 Å². The summed E-state index contributed by atoms with van der Waals surface area (Å²) in [6, 6.07) is 23.1. The number of aryl methyl sites for hydroxylation is 2. The van der Waals surface area contributed by atoms with Crippen molar-refractivity contribution >= 4 is 27.9 Å². The van der Waals surface area contributed by atoms with E-state index in [1.54, 1.807) is 19.2 Å². The van der Waals surface area contributed by atoms with E-state index in [2.05, 4.69) is 23.2 Å². The molecule has 0 aliphatic carbocycles. The second kappa shape index (κ2) is 17.8. The fourth-order valence-electron chi connectivity index (χ4n) is 3.38. The van der Waals surface area contributed by atoms with Gasteiger partial charge in [0.05, 0.1) is 19.8 Å². The second-order valence-electron chi connectivity index (χ2n) is 8.91. The van der Waals surface area contributed by atoms with Gasteiger partial charge in [0.2, 0.25) is 0 Å². The number of alkyl halides is 3. The minimum Gasteiger partial charge on any atom is -0.497 e. The summed E-state index contributed by atoms with van der Waals surface area (Å²) in [5, 5.41) is 0.559. The predicted octanol–water partition coefficient (Wildman–Crippen LogP) is 6.32. The van der Waals surface area contributed by atoms with Gasteiger partial charge in [-0.15, -0.1) is 5.06 Å². The number of carbonyl (C=O) groups excluding carboxylic acids is 3. The fourth-order valence-corrected chi connectivity index (χ4v) is 3.57. The molecule has 4 rings (SSSR count). The Labute approximate surface area is 255 Å². The van der Waals surface area contributed by atoms with Crippen LogP contribution in [0.2, 0.25) is 0 Å². The molecule has 3 aromatic rings. The normalized spacial score (nSPS) is 12.5. The molecule has 0 bridgehead atoms. The first-order valence-corrected chi connectivity index (χ1v) is 14.8. The maximum Gasteiger partial charge on any atom is 0.523 e. The summed E-state index contributed by atoms with van der Waals surface area (Å²) in [7, 11) is -3.22. The number of imide groups is 1. The van der Waals surface area contributed by atoms with E-state index in [0.29, 0.717) is 17.7 Å². The maximum atomic E-state index is 12.0. The standard InChI is InChI=1S/C19H17NO4.C8H10O.C2H3F3O3S.C2H6/c1-13-3-2-4-15(11-13)12-14-5-7-16(8-6-14)19(23)24-20-17(21)9-10-18(20)22;1-7-3-5-8(9-2)6-4-7;1-8-9(6,7)2(3,4)5;1-2/h2-8,11H,9-10,12H2,1H3;3-6H,1-2H3;1H3;1-2H3. The Morgan fingerprint density at radius 2 is 1.36 bits per heavy atom. The topological polar surface area (TPSA) is 116 Å². The number of benzene rings is 3. The van der Waals surface area contributed by atoms with Gasteiger partial charge >= 0.3 is 21.6 Å². The largest absolute Gasteiger partial charge is 0.523 e. The molecule has 0 spiro atoms. The molecule has 0 radical (unpaired) electrons. The van der Waals surface area contributed by atoms with Crippen molar-refractivity contribution in [2.75, 3.05) is 14.2 Å². The van der Waals surface area contributed by atoms with Gasteiger partial charge in [0.25, 0.3) is 11.8 Å². The number of rotatable bonds is 6. The van der Waals surface area contributed by atoms with Crippen LogP contribution in [0.4, 0.5) is 13.2 Å². The molecular formula is C31H36F3NO8S. The first-order valence-electron chi connectivity index (χ1n) is 13.4. The number of ether oxygens (including phenoxy) is 1. The first kappa shape index (κ1) is 37.8. The summed E-state index contributed by atoms with van der Waals surface area (Å²) < 4.78 is 60.8. The van der Waals surface area contributed by atoms with Gasteiger partial charge in [-0.05, 0) is 55.7 Å². The highest BCUT2D eigenvalue weighted by molar-refractivity contribution is 7.87. The molecule has 1 fully saturated rings. The van der Waals surface area contributed by atoms with Gasteiger partial charge in [-0.3, -0.25) is 13.8 Å². The first-order chi connectivity index (χ1) is 20.7.